The fourth-order valence-corrected chi connectivity index (χ4v) is 3.46. The Morgan fingerprint density at radius 3 is 2.00 bits per heavy atom. The van der Waals surface area contributed by atoms with E-state index in [9.17, 15) is 4.79 Å². The van der Waals surface area contributed by atoms with Crippen LogP contribution >= 0.6 is 0 Å². The normalized spacial score (nSPS) is 11.8. The monoisotopic (exact) mass is 404 g/mol. The topological polar surface area (TPSA) is 51.7 Å². The first kappa shape index (κ1) is 21.5. The van der Waals surface area contributed by atoms with Crippen LogP contribution in [-0.2, 0) is 22.6 Å². The molecule has 156 valence electrons. The summed E-state index contributed by atoms with van der Waals surface area (Å²) in [6.07, 6.45) is 2.03. The first-order chi connectivity index (χ1) is 14.7. The molecule has 0 fully saturated rings. The molecule has 0 spiro atoms. The molecule has 30 heavy (non-hydrogen) atoms. The van der Waals surface area contributed by atoms with Gasteiger partial charge in [0.1, 0.15) is 0 Å². The Balaban J connectivity index is 1.95. The lowest BCUT2D eigenvalue weighted by Crippen LogP contribution is -2.30. The standard InChI is InChI=1S/C25H28N2O3/c1-3-30-25(28)16-23(22-14-15-24(29-2)26-17-22)27(18-20-10-6-4-7-11-20)19-21-12-8-5-9-13-21/h4-15,17,23H,3,16,18-19H2,1-2H3/t23-/m0/s1. The van der Waals surface area contributed by atoms with E-state index < -0.39 is 0 Å². The summed E-state index contributed by atoms with van der Waals surface area (Å²) < 4.78 is 10.5. The maximum Gasteiger partial charge on any atom is 0.307 e. The van der Waals surface area contributed by atoms with E-state index in [1.807, 2.05) is 55.5 Å². The van der Waals surface area contributed by atoms with Gasteiger partial charge in [0, 0.05) is 31.4 Å². The van der Waals surface area contributed by atoms with Crippen molar-refractivity contribution in [3.63, 3.8) is 0 Å². The quantitative estimate of drug-likeness (QED) is 0.455. The molecule has 0 saturated carbocycles. The number of hydrogen-bond acceptors (Lipinski definition) is 5. The van der Waals surface area contributed by atoms with Gasteiger partial charge in [-0.25, -0.2) is 4.98 Å². The molecule has 0 saturated heterocycles. The van der Waals surface area contributed by atoms with Gasteiger partial charge in [0.15, 0.2) is 0 Å². The van der Waals surface area contributed by atoms with Crippen molar-refractivity contribution in [2.24, 2.45) is 0 Å². The number of carbonyl (C=O) groups is 1. The van der Waals surface area contributed by atoms with Crippen molar-refractivity contribution < 1.29 is 14.3 Å². The van der Waals surface area contributed by atoms with Crippen LogP contribution in [0.4, 0.5) is 0 Å². The second kappa shape index (κ2) is 11.1. The highest BCUT2D eigenvalue weighted by atomic mass is 16.5. The summed E-state index contributed by atoms with van der Waals surface area (Å²) in [7, 11) is 1.59. The van der Waals surface area contributed by atoms with Crippen LogP contribution in [0.3, 0.4) is 0 Å². The molecule has 0 N–H and O–H groups in total. The number of carbonyl (C=O) groups excluding carboxylic acids is 1. The van der Waals surface area contributed by atoms with Gasteiger partial charge in [0.25, 0.3) is 0 Å². The molecule has 0 bridgehead atoms. The number of rotatable bonds is 10. The zero-order valence-electron chi connectivity index (χ0n) is 17.5. The third-order valence-corrected chi connectivity index (χ3v) is 4.92. The third kappa shape index (κ3) is 6.16. The zero-order valence-corrected chi connectivity index (χ0v) is 17.5. The van der Waals surface area contributed by atoms with E-state index in [-0.39, 0.29) is 18.4 Å². The van der Waals surface area contributed by atoms with Gasteiger partial charge in [0.2, 0.25) is 5.88 Å². The maximum atomic E-state index is 12.5. The molecule has 2 aromatic carbocycles. The lowest BCUT2D eigenvalue weighted by atomic mass is 10.0. The number of benzene rings is 2. The lowest BCUT2D eigenvalue weighted by molar-refractivity contribution is -0.144. The van der Waals surface area contributed by atoms with Crippen LogP contribution in [0.5, 0.6) is 5.88 Å². The summed E-state index contributed by atoms with van der Waals surface area (Å²) in [4.78, 5) is 19.1. The fraction of sp³-hybridized carbons (Fsp3) is 0.280. The summed E-state index contributed by atoms with van der Waals surface area (Å²) in [5, 5.41) is 0. The number of hydrogen-bond donors (Lipinski definition) is 0. The lowest BCUT2D eigenvalue weighted by Gasteiger charge is -2.32. The highest BCUT2D eigenvalue weighted by Crippen LogP contribution is 2.29. The van der Waals surface area contributed by atoms with Crippen molar-refractivity contribution in [1.29, 1.82) is 0 Å². The predicted molar refractivity (Wildman–Crippen MR) is 117 cm³/mol. The largest absolute Gasteiger partial charge is 0.481 e. The van der Waals surface area contributed by atoms with Gasteiger partial charge >= 0.3 is 5.97 Å². The summed E-state index contributed by atoms with van der Waals surface area (Å²) >= 11 is 0. The van der Waals surface area contributed by atoms with E-state index in [0.717, 1.165) is 5.56 Å². The number of esters is 1. The van der Waals surface area contributed by atoms with Crippen molar-refractivity contribution in [3.8, 4) is 5.88 Å². The average molecular weight is 405 g/mol. The molecule has 3 aromatic rings. The molecular weight excluding hydrogens is 376 g/mol. The Morgan fingerprint density at radius 1 is 0.933 bits per heavy atom. The molecule has 0 radical (unpaired) electrons. The predicted octanol–water partition coefficient (Wildman–Crippen LogP) is 4.79. The molecule has 1 aromatic heterocycles. The molecule has 0 aliphatic heterocycles. The first-order valence-corrected chi connectivity index (χ1v) is 10.2. The smallest absolute Gasteiger partial charge is 0.307 e. The van der Waals surface area contributed by atoms with E-state index in [4.69, 9.17) is 9.47 Å². The molecule has 3 rings (SSSR count). The fourth-order valence-electron chi connectivity index (χ4n) is 3.46. The van der Waals surface area contributed by atoms with E-state index in [1.54, 1.807) is 13.3 Å². The van der Waals surface area contributed by atoms with Gasteiger partial charge in [-0.05, 0) is 23.6 Å². The van der Waals surface area contributed by atoms with Crippen LogP contribution < -0.4 is 4.74 Å². The van der Waals surface area contributed by atoms with E-state index in [0.29, 0.717) is 25.6 Å². The van der Waals surface area contributed by atoms with Crippen molar-refractivity contribution in [2.45, 2.75) is 32.5 Å². The van der Waals surface area contributed by atoms with Crippen LogP contribution in [0.2, 0.25) is 0 Å². The number of nitrogens with zero attached hydrogens (tertiary/aromatic N) is 2. The second-order valence-electron chi connectivity index (χ2n) is 7.04. The molecule has 0 amide bonds. The van der Waals surface area contributed by atoms with Crippen LogP contribution in [-0.4, -0.2) is 29.6 Å². The molecule has 5 heteroatoms. The number of ether oxygens (including phenoxy) is 2. The van der Waals surface area contributed by atoms with Gasteiger partial charge < -0.3 is 9.47 Å². The van der Waals surface area contributed by atoms with E-state index in [2.05, 4.69) is 34.1 Å². The highest BCUT2D eigenvalue weighted by molar-refractivity contribution is 5.70. The summed E-state index contributed by atoms with van der Waals surface area (Å²) in [6, 6.07) is 24.2. The van der Waals surface area contributed by atoms with Crippen molar-refractivity contribution in [1.82, 2.24) is 9.88 Å². The highest BCUT2D eigenvalue weighted by Gasteiger charge is 2.25. The van der Waals surface area contributed by atoms with Crippen LogP contribution in [0.15, 0.2) is 79.0 Å². The van der Waals surface area contributed by atoms with Crippen molar-refractivity contribution >= 4 is 5.97 Å². The van der Waals surface area contributed by atoms with Crippen molar-refractivity contribution in [3.05, 3.63) is 95.7 Å². The summed E-state index contributed by atoms with van der Waals surface area (Å²) in [5.74, 6) is 0.329. The zero-order chi connectivity index (χ0) is 21.2. The van der Waals surface area contributed by atoms with Crippen LogP contribution in [0.25, 0.3) is 0 Å². The van der Waals surface area contributed by atoms with E-state index >= 15 is 0 Å². The van der Waals surface area contributed by atoms with Gasteiger partial charge in [-0.2, -0.15) is 0 Å². The Labute approximate surface area is 178 Å². The molecule has 0 unspecified atom stereocenters. The van der Waals surface area contributed by atoms with Gasteiger partial charge in [0.05, 0.1) is 20.1 Å². The number of pyridine rings is 1. The molecular formula is C25H28N2O3. The molecule has 0 aliphatic carbocycles. The summed E-state index contributed by atoms with van der Waals surface area (Å²) in [6.45, 7) is 3.59. The van der Waals surface area contributed by atoms with Gasteiger partial charge in [-0.15, -0.1) is 0 Å². The van der Waals surface area contributed by atoms with Crippen LogP contribution in [0.1, 0.15) is 36.1 Å². The minimum absolute atomic E-state index is 0.178. The molecule has 1 heterocycles. The summed E-state index contributed by atoms with van der Waals surface area (Å²) in [5.41, 5.74) is 3.32. The third-order valence-electron chi connectivity index (χ3n) is 4.92. The molecule has 5 nitrogen and oxygen atoms in total. The van der Waals surface area contributed by atoms with Crippen LogP contribution in [0, 0.1) is 0 Å². The Hall–Kier alpha value is -3.18. The first-order valence-electron chi connectivity index (χ1n) is 10.2. The second-order valence-corrected chi connectivity index (χ2v) is 7.04. The minimum Gasteiger partial charge on any atom is -0.481 e. The van der Waals surface area contributed by atoms with Gasteiger partial charge in [-0.1, -0.05) is 66.7 Å². The SMILES string of the molecule is CCOC(=O)C[C@@H](c1ccc(OC)nc1)N(Cc1ccccc1)Cc1ccccc1. The average Bonchev–Trinajstić information content (AvgIpc) is 2.79. The minimum atomic E-state index is -0.218. The molecule has 0 aliphatic rings. The Kier molecular flexibility index (Phi) is 7.98. The maximum absolute atomic E-state index is 12.5. The van der Waals surface area contributed by atoms with E-state index in [1.165, 1.54) is 11.1 Å². The number of methoxy groups -OCH3 is 1. The van der Waals surface area contributed by atoms with Gasteiger partial charge in [-0.3, -0.25) is 9.69 Å². The Bertz CT molecular complexity index is 857. The Morgan fingerprint density at radius 2 is 1.53 bits per heavy atom. The number of aromatic nitrogens is 1. The molecule has 1 atom stereocenters. The van der Waals surface area contributed by atoms with Crippen molar-refractivity contribution in [2.75, 3.05) is 13.7 Å².